The van der Waals surface area contributed by atoms with Gasteiger partial charge in [0.2, 0.25) is 0 Å². The lowest BCUT2D eigenvalue weighted by molar-refractivity contribution is 0.937. The van der Waals surface area contributed by atoms with Crippen LogP contribution in [0.4, 0.5) is 11.5 Å². The molecule has 1 N–H and O–H groups in total. The molecule has 18 heavy (non-hydrogen) atoms. The van der Waals surface area contributed by atoms with Crippen LogP contribution < -0.4 is 5.32 Å². The van der Waals surface area contributed by atoms with Crippen molar-refractivity contribution in [2.24, 2.45) is 0 Å². The van der Waals surface area contributed by atoms with Gasteiger partial charge in [0.1, 0.15) is 12.1 Å². The highest BCUT2D eigenvalue weighted by Gasteiger charge is 2.05. The minimum absolute atomic E-state index is 0.600. The van der Waals surface area contributed by atoms with Gasteiger partial charge in [0.05, 0.1) is 0 Å². The Morgan fingerprint density at radius 2 is 2.17 bits per heavy atom. The van der Waals surface area contributed by atoms with Crippen LogP contribution in [0.5, 0.6) is 0 Å². The average molecular weight is 351 g/mol. The van der Waals surface area contributed by atoms with Crippen LogP contribution in [0.1, 0.15) is 5.69 Å². The molecule has 0 saturated heterocycles. The monoisotopic (exact) mass is 351 g/mol. The summed E-state index contributed by atoms with van der Waals surface area (Å²) in [6.45, 7) is 1.94. The third kappa shape index (κ3) is 2.15. The SMILES string of the molecule is Cc1cc(Nc2cccc(I)c2)n2ncnc2n1. The van der Waals surface area contributed by atoms with Crippen molar-refractivity contribution in [2.45, 2.75) is 6.92 Å². The fourth-order valence-electron chi connectivity index (χ4n) is 1.73. The molecular formula is C12H10IN5. The molecule has 0 fully saturated rings. The number of hydrogen-bond donors (Lipinski definition) is 1. The molecule has 0 spiro atoms. The van der Waals surface area contributed by atoms with Gasteiger partial charge in [-0.1, -0.05) is 6.07 Å². The quantitative estimate of drug-likeness (QED) is 0.722. The Morgan fingerprint density at radius 3 is 3.00 bits per heavy atom. The molecule has 0 unspecified atom stereocenters. The van der Waals surface area contributed by atoms with Gasteiger partial charge in [0.25, 0.3) is 5.78 Å². The summed E-state index contributed by atoms with van der Waals surface area (Å²) in [6, 6.07) is 10.1. The molecule has 0 saturated carbocycles. The third-order valence-electron chi connectivity index (χ3n) is 2.48. The first kappa shape index (κ1) is 11.4. The molecule has 2 heterocycles. The molecule has 5 nitrogen and oxygen atoms in total. The summed E-state index contributed by atoms with van der Waals surface area (Å²) in [7, 11) is 0. The van der Waals surface area contributed by atoms with Crippen molar-refractivity contribution in [1.29, 1.82) is 0 Å². The molecule has 0 aliphatic heterocycles. The lowest BCUT2D eigenvalue weighted by Crippen LogP contribution is -2.02. The minimum atomic E-state index is 0.600. The number of hydrogen-bond acceptors (Lipinski definition) is 4. The molecule has 2 aromatic heterocycles. The van der Waals surface area contributed by atoms with Gasteiger partial charge in [0, 0.05) is 21.0 Å². The van der Waals surface area contributed by atoms with Crippen molar-refractivity contribution >= 4 is 39.9 Å². The normalized spacial score (nSPS) is 10.8. The number of aromatic nitrogens is 4. The number of benzene rings is 1. The van der Waals surface area contributed by atoms with E-state index in [9.17, 15) is 0 Å². The molecule has 0 aliphatic rings. The summed E-state index contributed by atoms with van der Waals surface area (Å²) in [5.41, 5.74) is 1.92. The minimum Gasteiger partial charge on any atom is -0.340 e. The van der Waals surface area contributed by atoms with Crippen molar-refractivity contribution < 1.29 is 0 Å². The zero-order valence-electron chi connectivity index (χ0n) is 9.63. The van der Waals surface area contributed by atoms with E-state index in [0.717, 1.165) is 17.2 Å². The predicted octanol–water partition coefficient (Wildman–Crippen LogP) is 2.78. The first-order valence-corrected chi connectivity index (χ1v) is 6.50. The van der Waals surface area contributed by atoms with E-state index in [1.807, 2.05) is 25.1 Å². The molecule has 0 radical (unpaired) electrons. The standard InChI is InChI=1S/C12H10IN5/c1-8-5-11(18-12(16-8)14-7-15-18)17-10-4-2-3-9(13)6-10/h2-7,17H,1H3. The van der Waals surface area contributed by atoms with Gasteiger partial charge in [0.15, 0.2) is 0 Å². The number of anilines is 2. The van der Waals surface area contributed by atoms with Crippen LogP contribution >= 0.6 is 22.6 Å². The van der Waals surface area contributed by atoms with Crippen LogP contribution in [0, 0.1) is 10.5 Å². The van der Waals surface area contributed by atoms with Gasteiger partial charge in [-0.05, 0) is 47.7 Å². The lowest BCUT2D eigenvalue weighted by atomic mass is 10.3. The summed E-state index contributed by atoms with van der Waals surface area (Å²) >= 11 is 2.28. The summed E-state index contributed by atoms with van der Waals surface area (Å²) in [6.07, 6.45) is 1.50. The number of halogens is 1. The molecule has 0 bridgehead atoms. The first-order chi connectivity index (χ1) is 8.72. The van der Waals surface area contributed by atoms with Crippen LogP contribution in [0.25, 0.3) is 5.78 Å². The van der Waals surface area contributed by atoms with Gasteiger partial charge in [-0.25, -0.2) is 4.98 Å². The maximum absolute atomic E-state index is 4.30. The van der Waals surface area contributed by atoms with E-state index in [4.69, 9.17) is 0 Å². The molecule has 0 aliphatic carbocycles. The maximum Gasteiger partial charge on any atom is 0.254 e. The maximum atomic E-state index is 4.30. The van der Waals surface area contributed by atoms with Crippen LogP contribution in [0.15, 0.2) is 36.7 Å². The Morgan fingerprint density at radius 1 is 1.28 bits per heavy atom. The molecule has 3 aromatic rings. The molecule has 1 aromatic carbocycles. The zero-order valence-corrected chi connectivity index (χ0v) is 11.8. The van der Waals surface area contributed by atoms with Crippen molar-refractivity contribution in [2.75, 3.05) is 5.32 Å². The first-order valence-electron chi connectivity index (χ1n) is 5.42. The summed E-state index contributed by atoms with van der Waals surface area (Å²) in [4.78, 5) is 8.40. The van der Waals surface area contributed by atoms with E-state index in [-0.39, 0.29) is 0 Å². The smallest absolute Gasteiger partial charge is 0.254 e. The van der Waals surface area contributed by atoms with Crippen molar-refractivity contribution in [3.05, 3.63) is 45.9 Å². The molecule has 0 atom stereocenters. The Kier molecular flexibility index (Phi) is 2.86. The van der Waals surface area contributed by atoms with Crippen LogP contribution in [-0.4, -0.2) is 19.6 Å². The number of rotatable bonds is 2. The van der Waals surface area contributed by atoms with Crippen molar-refractivity contribution in [3.63, 3.8) is 0 Å². The van der Waals surface area contributed by atoms with Crippen LogP contribution in [0.3, 0.4) is 0 Å². The Labute approximate surface area is 117 Å². The highest BCUT2D eigenvalue weighted by Crippen LogP contribution is 2.19. The van der Waals surface area contributed by atoms with Gasteiger partial charge >= 0.3 is 0 Å². The second-order valence-corrected chi connectivity index (χ2v) is 5.14. The van der Waals surface area contributed by atoms with Crippen LogP contribution in [-0.2, 0) is 0 Å². The van der Waals surface area contributed by atoms with E-state index in [2.05, 4.69) is 55.1 Å². The topological polar surface area (TPSA) is 55.1 Å². The van der Waals surface area contributed by atoms with E-state index < -0.39 is 0 Å². The van der Waals surface area contributed by atoms with Crippen molar-refractivity contribution in [3.8, 4) is 0 Å². The average Bonchev–Trinajstić information content (AvgIpc) is 2.77. The number of aryl methyl sites for hydroxylation is 1. The van der Waals surface area contributed by atoms with Gasteiger partial charge < -0.3 is 5.32 Å². The van der Waals surface area contributed by atoms with E-state index in [1.165, 1.54) is 9.90 Å². The molecular weight excluding hydrogens is 341 g/mol. The van der Waals surface area contributed by atoms with Gasteiger partial charge in [-0.3, -0.25) is 0 Å². The molecule has 3 rings (SSSR count). The van der Waals surface area contributed by atoms with E-state index in [1.54, 1.807) is 4.52 Å². The summed E-state index contributed by atoms with van der Waals surface area (Å²) in [5.74, 6) is 1.46. The Bertz CT molecular complexity index is 707. The number of fused-ring (bicyclic) bond motifs is 1. The number of nitrogens with zero attached hydrogens (tertiary/aromatic N) is 4. The van der Waals surface area contributed by atoms with Gasteiger partial charge in [-0.2, -0.15) is 14.6 Å². The zero-order chi connectivity index (χ0) is 12.5. The van der Waals surface area contributed by atoms with Crippen molar-refractivity contribution in [1.82, 2.24) is 19.6 Å². The van der Waals surface area contributed by atoms with Crippen LogP contribution in [0.2, 0.25) is 0 Å². The second kappa shape index (κ2) is 4.52. The van der Waals surface area contributed by atoms with Gasteiger partial charge in [-0.15, -0.1) is 0 Å². The van der Waals surface area contributed by atoms with E-state index in [0.29, 0.717) is 5.78 Å². The number of nitrogens with one attached hydrogen (secondary N) is 1. The lowest BCUT2D eigenvalue weighted by Gasteiger charge is -2.08. The predicted molar refractivity (Wildman–Crippen MR) is 78.0 cm³/mol. The van der Waals surface area contributed by atoms with E-state index >= 15 is 0 Å². The Hall–Kier alpha value is -1.70. The molecule has 6 heteroatoms. The Balaban J connectivity index is 2.06. The summed E-state index contributed by atoms with van der Waals surface area (Å²) < 4.78 is 2.87. The largest absolute Gasteiger partial charge is 0.340 e. The molecule has 0 amide bonds. The third-order valence-corrected chi connectivity index (χ3v) is 3.15. The summed E-state index contributed by atoms with van der Waals surface area (Å²) in [5, 5.41) is 7.49. The fraction of sp³-hybridized carbons (Fsp3) is 0.0833. The molecule has 90 valence electrons. The highest BCUT2D eigenvalue weighted by atomic mass is 127. The fourth-order valence-corrected chi connectivity index (χ4v) is 2.28. The second-order valence-electron chi connectivity index (χ2n) is 3.89. The highest BCUT2D eigenvalue weighted by molar-refractivity contribution is 14.1.